The number of rotatable bonds is 4. The molecule has 0 saturated carbocycles. The Kier molecular flexibility index (Phi) is 3.48. The van der Waals surface area contributed by atoms with Gasteiger partial charge >= 0.3 is 0 Å². The maximum absolute atomic E-state index is 11.9. The topological polar surface area (TPSA) is 92.4 Å². The van der Waals surface area contributed by atoms with E-state index in [1.54, 1.807) is 26.0 Å². The molecule has 1 aromatic carbocycles. The van der Waals surface area contributed by atoms with Gasteiger partial charge in [-0.2, -0.15) is 0 Å². The van der Waals surface area contributed by atoms with Gasteiger partial charge in [-0.3, -0.25) is 4.72 Å². The van der Waals surface area contributed by atoms with E-state index in [0.29, 0.717) is 22.7 Å². The maximum atomic E-state index is 11.9. The maximum Gasteiger partial charge on any atom is 0.238 e. The van der Waals surface area contributed by atoms with Crippen LogP contribution in [-0.4, -0.2) is 18.7 Å². The molecule has 2 N–H and O–H groups in total. The molecular formula is C12H14N2O4S. The second-order valence-electron chi connectivity index (χ2n) is 4.29. The summed E-state index contributed by atoms with van der Waals surface area (Å²) in [7, 11) is -3.56. The Morgan fingerprint density at radius 3 is 2.63 bits per heavy atom. The highest BCUT2D eigenvalue weighted by Crippen LogP contribution is 2.21. The molecule has 7 heteroatoms. The molecule has 0 aliphatic heterocycles. The Morgan fingerprint density at radius 1 is 1.32 bits per heavy atom. The second-order valence-corrected chi connectivity index (χ2v) is 6.01. The van der Waals surface area contributed by atoms with Crippen molar-refractivity contribution in [1.29, 1.82) is 0 Å². The molecule has 0 unspecified atom stereocenters. The molecule has 0 aliphatic rings. The first-order valence-electron chi connectivity index (χ1n) is 5.58. The van der Waals surface area contributed by atoms with Gasteiger partial charge in [0.2, 0.25) is 10.0 Å². The van der Waals surface area contributed by atoms with Crippen molar-refractivity contribution >= 4 is 15.7 Å². The first-order chi connectivity index (χ1) is 8.85. The number of phenols is 1. The molecule has 0 bridgehead atoms. The number of nitrogens with one attached hydrogen (secondary N) is 1. The third-order valence-corrected chi connectivity index (χ3v) is 3.71. The van der Waals surface area contributed by atoms with Crippen LogP contribution in [0.5, 0.6) is 5.75 Å². The van der Waals surface area contributed by atoms with Crippen molar-refractivity contribution in [2.45, 2.75) is 19.6 Å². The predicted octanol–water partition coefficient (Wildman–Crippen LogP) is 1.94. The molecule has 2 rings (SSSR count). The zero-order valence-corrected chi connectivity index (χ0v) is 11.4. The smallest absolute Gasteiger partial charge is 0.238 e. The molecule has 102 valence electrons. The molecule has 1 aromatic heterocycles. The van der Waals surface area contributed by atoms with Crippen LogP contribution in [0.4, 0.5) is 5.69 Å². The number of benzene rings is 1. The summed E-state index contributed by atoms with van der Waals surface area (Å²) in [4.78, 5) is 0. The summed E-state index contributed by atoms with van der Waals surface area (Å²) in [5, 5.41) is 13.0. The van der Waals surface area contributed by atoms with E-state index in [4.69, 9.17) is 4.52 Å². The van der Waals surface area contributed by atoms with Crippen LogP contribution in [0.1, 0.15) is 17.0 Å². The molecule has 1 heterocycles. The highest BCUT2D eigenvalue weighted by atomic mass is 32.2. The number of aromatic hydroxyl groups is 1. The number of nitrogens with zero attached hydrogens (tertiary/aromatic N) is 1. The SMILES string of the molecule is Cc1cc(CS(=O)(=O)Nc2ccc(O)c(C)c2)no1. The Labute approximate surface area is 111 Å². The Bertz CT molecular complexity index is 692. The van der Waals surface area contributed by atoms with Crippen molar-refractivity contribution in [1.82, 2.24) is 5.16 Å². The van der Waals surface area contributed by atoms with Crippen LogP contribution in [0.2, 0.25) is 0 Å². The van der Waals surface area contributed by atoms with E-state index in [1.807, 2.05) is 0 Å². The van der Waals surface area contributed by atoms with Crippen LogP contribution in [0.25, 0.3) is 0 Å². The lowest BCUT2D eigenvalue weighted by molar-refractivity contribution is 0.392. The summed E-state index contributed by atoms with van der Waals surface area (Å²) < 4.78 is 31.1. The van der Waals surface area contributed by atoms with E-state index in [0.717, 1.165) is 0 Å². The van der Waals surface area contributed by atoms with Gasteiger partial charge in [0.05, 0.1) is 0 Å². The third kappa shape index (κ3) is 3.47. The van der Waals surface area contributed by atoms with Gasteiger partial charge in [0, 0.05) is 11.8 Å². The fourth-order valence-corrected chi connectivity index (χ4v) is 2.70. The van der Waals surface area contributed by atoms with Crippen LogP contribution in [-0.2, 0) is 15.8 Å². The van der Waals surface area contributed by atoms with Crippen molar-refractivity contribution in [3.05, 3.63) is 41.3 Å². The van der Waals surface area contributed by atoms with Gasteiger partial charge in [-0.15, -0.1) is 0 Å². The van der Waals surface area contributed by atoms with Gasteiger partial charge in [-0.05, 0) is 37.6 Å². The summed E-state index contributed by atoms with van der Waals surface area (Å²) in [5.74, 6) is 0.422. The van der Waals surface area contributed by atoms with Crippen molar-refractivity contribution in [2.75, 3.05) is 4.72 Å². The molecular weight excluding hydrogens is 268 g/mol. The number of hydrogen-bond acceptors (Lipinski definition) is 5. The first-order valence-corrected chi connectivity index (χ1v) is 7.23. The third-order valence-electron chi connectivity index (χ3n) is 2.48. The minimum Gasteiger partial charge on any atom is -0.508 e. The molecule has 0 amide bonds. The molecule has 0 saturated heterocycles. The normalized spacial score (nSPS) is 11.5. The lowest BCUT2D eigenvalue weighted by Crippen LogP contribution is -2.15. The number of aryl methyl sites for hydroxylation is 2. The van der Waals surface area contributed by atoms with E-state index in [1.165, 1.54) is 12.1 Å². The Hall–Kier alpha value is -2.02. The molecule has 0 aliphatic carbocycles. The molecule has 0 radical (unpaired) electrons. The van der Waals surface area contributed by atoms with E-state index in [-0.39, 0.29) is 11.5 Å². The van der Waals surface area contributed by atoms with Gasteiger partial charge in [0.15, 0.2) is 0 Å². The van der Waals surface area contributed by atoms with Crippen LogP contribution >= 0.6 is 0 Å². The van der Waals surface area contributed by atoms with E-state index in [2.05, 4.69) is 9.88 Å². The fraction of sp³-hybridized carbons (Fsp3) is 0.250. The summed E-state index contributed by atoms with van der Waals surface area (Å²) in [6.07, 6.45) is 0. The summed E-state index contributed by atoms with van der Waals surface area (Å²) in [6.45, 7) is 3.38. The second kappa shape index (κ2) is 4.93. The standard InChI is InChI=1S/C12H14N2O4S/c1-8-5-10(3-4-12(8)15)14-19(16,17)7-11-6-9(2)18-13-11/h3-6,14-15H,7H2,1-2H3. The average Bonchev–Trinajstić information content (AvgIpc) is 2.68. The van der Waals surface area contributed by atoms with Crippen molar-refractivity contribution in [2.24, 2.45) is 0 Å². The summed E-state index contributed by atoms with van der Waals surface area (Å²) >= 11 is 0. The minimum atomic E-state index is -3.56. The van der Waals surface area contributed by atoms with Gasteiger partial charge in [0.1, 0.15) is 23.0 Å². The molecule has 0 spiro atoms. The number of sulfonamides is 1. The largest absolute Gasteiger partial charge is 0.508 e. The highest BCUT2D eigenvalue weighted by molar-refractivity contribution is 7.91. The molecule has 19 heavy (non-hydrogen) atoms. The lowest BCUT2D eigenvalue weighted by atomic mass is 10.2. The van der Waals surface area contributed by atoms with Crippen molar-refractivity contribution in [3.8, 4) is 5.75 Å². The van der Waals surface area contributed by atoms with E-state index in [9.17, 15) is 13.5 Å². The molecule has 2 aromatic rings. The van der Waals surface area contributed by atoms with Gasteiger partial charge in [-0.1, -0.05) is 5.16 Å². The first kappa shape index (κ1) is 13.4. The molecule has 0 atom stereocenters. The van der Waals surface area contributed by atoms with Gasteiger partial charge < -0.3 is 9.63 Å². The Balaban J connectivity index is 2.14. The van der Waals surface area contributed by atoms with E-state index < -0.39 is 10.0 Å². The zero-order chi connectivity index (χ0) is 14.0. The zero-order valence-electron chi connectivity index (χ0n) is 10.5. The van der Waals surface area contributed by atoms with Crippen molar-refractivity contribution in [3.63, 3.8) is 0 Å². The molecule has 6 nitrogen and oxygen atoms in total. The van der Waals surface area contributed by atoms with Crippen LogP contribution in [0.3, 0.4) is 0 Å². The van der Waals surface area contributed by atoms with Crippen molar-refractivity contribution < 1.29 is 18.0 Å². The summed E-state index contributed by atoms with van der Waals surface area (Å²) in [5.41, 5.74) is 1.34. The minimum absolute atomic E-state index is 0.120. The fourth-order valence-electron chi connectivity index (χ4n) is 1.62. The van der Waals surface area contributed by atoms with Crippen LogP contribution in [0.15, 0.2) is 28.8 Å². The van der Waals surface area contributed by atoms with Crippen LogP contribution < -0.4 is 4.72 Å². The van der Waals surface area contributed by atoms with E-state index >= 15 is 0 Å². The average molecular weight is 282 g/mol. The number of hydrogen-bond donors (Lipinski definition) is 2. The Morgan fingerprint density at radius 2 is 2.05 bits per heavy atom. The number of aromatic nitrogens is 1. The quantitative estimate of drug-likeness (QED) is 0.836. The number of phenolic OH excluding ortho intramolecular Hbond substituents is 1. The molecule has 0 fully saturated rings. The number of anilines is 1. The predicted molar refractivity (Wildman–Crippen MR) is 70.3 cm³/mol. The van der Waals surface area contributed by atoms with Crippen LogP contribution in [0, 0.1) is 13.8 Å². The van der Waals surface area contributed by atoms with Gasteiger partial charge in [0.25, 0.3) is 0 Å². The van der Waals surface area contributed by atoms with Gasteiger partial charge in [-0.25, -0.2) is 8.42 Å². The highest BCUT2D eigenvalue weighted by Gasteiger charge is 2.15. The monoisotopic (exact) mass is 282 g/mol. The summed E-state index contributed by atoms with van der Waals surface area (Å²) in [6, 6.07) is 6.06. The lowest BCUT2D eigenvalue weighted by Gasteiger charge is -2.08.